The molecule has 10 heteroatoms. The van der Waals surface area contributed by atoms with Crippen LogP contribution in [0.1, 0.15) is 47.9 Å². The zero-order chi connectivity index (χ0) is 23.5. The van der Waals surface area contributed by atoms with Crippen LogP contribution in [0.15, 0.2) is 36.4 Å². The number of hydrogen-bond acceptors (Lipinski definition) is 4. The van der Waals surface area contributed by atoms with Crippen molar-refractivity contribution >= 4 is 11.9 Å². The van der Waals surface area contributed by atoms with Crippen molar-refractivity contribution in [3.63, 3.8) is 0 Å². The summed E-state index contributed by atoms with van der Waals surface area (Å²) in [5.41, 5.74) is 2.17. The van der Waals surface area contributed by atoms with E-state index in [4.69, 9.17) is 0 Å². The normalized spacial score (nSPS) is 15.6. The number of fused-ring (bicyclic) bond motifs is 1. The number of nitrogens with one attached hydrogen (secondary N) is 2. The van der Waals surface area contributed by atoms with Gasteiger partial charge in [-0.3, -0.25) is 4.79 Å². The van der Waals surface area contributed by atoms with Crippen molar-refractivity contribution in [2.24, 2.45) is 0 Å². The van der Waals surface area contributed by atoms with E-state index in [-0.39, 0.29) is 37.3 Å². The molecule has 3 rings (SSSR count). The molecule has 2 aromatic rings. The minimum atomic E-state index is -4.55. The van der Waals surface area contributed by atoms with Gasteiger partial charge in [0.1, 0.15) is 12.2 Å². The molecule has 2 heterocycles. The van der Waals surface area contributed by atoms with E-state index < -0.39 is 24.7 Å². The number of nitrogens with zero attached hydrogens (tertiary/aromatic N) is 2. The van der Waals surface area contributed by atoms with Crippen molar-refractivity contribution < 1.29 is 27.9 Å². The minimum Gasteiger partial charge on any atom is -0.396 e. The largest absolute Gasteiger partial charge is 0.405 e. The number of pyridine rings is 1. The SMILES string of the molecule is CC(C)NC(=O)N1Cc2cc(C(=O)NCC(F)(F)F)nc(-c3ccccc3)c2[C@H]1CCO. The van der Waals surface area contributed by atoms with Crippen LogP contribution in [0.25, 0.3) is 11.3 Å². The Balaban J connectivity index is 2.07. The summed E-state index contributed by atoms with van der Waals surface area (Å²) in [6.07, 6.45) is -4.30. The Morgan fingerprint density at radius 2 is 1.94 bits per heavy atom. The number of aliphatic hydroxyl groups is 1. The first-order valence-corrected chi connectivity index (χ1v) is 10.2. The number of carbonyl (C=O) groups excluding carboxylic acids is 2. The van der Waals surface area contributed by atoms with E-state index >= 15 is 0 Å². The predicted octanol–water partition coefficient (Wildman–Crippen LogP) is 3.40. The quantitative estimate of drug-likeness (QED) is 0.629. The van der Waals surface area contributed by atoms with Crippen LogP contribution < -0.4 is 10.6 Å². The first-order valence-electron chi connectivity index (χ1n) is 10.2. The molecule has 3 N–H and O–H groups in total. The summed E-state index contributed by atoms with van der Waals surface area (Å²) < 4.78 is 37.7. The lowest BCUT2D eigenvalue weighted by Crippen LogP contribution is -2.42. The Bertz CT molecular complexity index is 980. The van der Waals surface area contributed by atoms with Gasteiger partial charge in [0.25, 0.3) is 5.91 Å². The van der Waals surface area contributed by atoms with Crippen molar-refractivity contribution in [2.45, 2.75) is 45.1 Å². The average molecular weight is 450 g/mol. The monoisotopic (exact) mass is 450 g/mol. The highest BCUT2D eigenvalue weighted by Gasteiger charge is 2.37. The minimum absolute atomic E-state index is 0.114. The fourth-order valence-electron chi connectivity index (χ4n) is 3.73. The molecule has 0 bridgehead atoms. The Morgan fingerprint density at radius 3 is 2.53 bits per heavy atom. The Labute approximate surface area is 183 Å². The highest BCUT2D eigenvalue weighted by Crippen LogP contribution is 2.41. The maximum absolute atomic E-state index is 12.8. The van der Waals surface area contributed by atoms with Gasteiger partial charge in [-0.1, -0.05) is 30.3 Å². The highest BCUT2D eigenvalue weighted by molar-refractivity contribution is 5.93. The maximum atomic E-state index is 12.8. The predicted molar refractivity (Wildman–Crippen MR) is 112 cm³/mol. The van der Waals surface area contributed by atoms with E-state index in [9.17, 15) is 27.9 Å². The number of benzene rings is 1. The lowest BCUT2D eigenvalue weighted by molar-refractivity contribution is -0.123. The zero-order valence-corrected chi connectivity index (χ0v) is 17.7. The van der Waals surface area contributed by atoms with Gasteiger partial charge in [0.15, 0.2) is 0 Å². The summed E-state index contributed by atoms with van der Waals surface area (Å²) in [7, 11) is 0. The van der Waals surface area contributed by atoms with Crippen LogP contribution >= 0.6 is 0 Å². The van der Waals surface area contributed by atoms with E-state index in [0.29, 0.717) is 22.4 Å². The van der Waals surface area contributed by atoms with Crippen LogP contribution in [0, 0.1) is 0 Å². The molecule has 0 radical (unpaired) electrons. The molecule has 1 atom stereocenters. The van der Waals surface area contributed by atoms with Crippen LogP contribution in [0.5, 0.6) is 0 Å². The molecule has 1 aliphatic rings. The van der Waals surface area contributed by atoms with E-state index in [1.54, 1.807) is 35.2 Å². The van der Waals surface area contributed by atoms with Gasteiger partial charge in [0.05, 0.1) is 11.7 Å². The molecule has 0 aliphatic carbocycles. The second kappa shape index (κ2) is 9.56. The third-order valence-electron chi connectivity index (χ3n) is 5.00. The first kappa shape index (κ1) is 23.5. The van der Waals surface area contributed by atoms with Crippen molar-refractivity contribution in [1.82, 2.24) is 20.5 Å². The molecule has 0 spiro atoms. The summed E-state index contributed by atoms with van der Waals surface area (Å²) in [6, 6.07) is 9.37. The first-order chi connectivity index (χ1) is 15.1. The molecule has 1 aromatic carbocycles. The maximum Gasteiger partial charge on any atom is 0.405 e. The van der Waals surface area contributed by atoms with Gasteiger partial charge in [-0.15, -0.1) is 0 Å². The van der Waals surface area contributed by atoms with Crippen molar-refractivity contribution in [2.75, 3.05) is 13.2 Å². The molecule has 0 unspecified atom stereocenters. The van der Waals surface area contributed by atoms with Crippen LogP contribution in [-0.4, -0.2) is 52.3 Å². The van der Waals surface area contributed by atoms with Crippen LogP contribution in [0.4, 0.5) is 18.0 Å². The van der Waals surface area contributed by atoms with Gasteiger partial charge in [0.2, 0.25) is 0 Å². The molecule has 1 aromatic heterocycles. The smallest absolute Gasteiger partial charge is 0.396 e. The number of hydrogen-bond donors (Lipinski definition) is 3. The number of carbonyl (C=O) groups is 2. The summed E-state index contributed by atoms with van der Waals surface area (Å²) in [6.45, 7) is 2.13. The number of rotatable bonds is 6. The van der Waals surface area contributed by atoms with Gasteiger partial charge in [-0.2, -0.15) is 13.2 Å². The molecule has 1 aliphatic heterocycles. The third kappa shape index (κ3) is 5.37. The van der Waals surface area contributed by atoms with Crippen LogP contribution in [-0.2, 0) is 6.54 Å². The van der Waals surface area contributed by atoms with Crippen molar-refractivity contribution in [3.8, 4) is 11.3 Å². The summed E-state index contributed by atoms with van der Waals surface area (Å²) in [5.74, 6) is -0.953. The Kier molecular flexibility index (Phi) is 7.02. The van der Waals surface area contributed by atoms with Gasteiger partial charge in [-0.25, -0.2) is 9.78 Å². The van der Waals surface area contributed by atoms with E-state index in [1.165, 1.54) is 6.07 Å². The number of aliphatic hydroxyl groups excluding tert-OH is 1. The molecule has 0 saturated carbocycles. The van der Waals surface area contributed by atoms with Gasteiger partial charge >= 0.3 is 12.2 Å². The fourth-order valence-corrected chi connectivity index (χ4v) is 3.73. The zero-order valence-electron chi connectivity index (χ0n) is 17.7. The molecule has 0 fully saturated rings. The summed E-state index contributed by atoms with van der Waals surface area (Å²) >= 11 is 0. The molecule has 32 heavy (non-hydrogen) atoms. The lowest BCUT2D eigenvalue weighted by Gasteiger charge is -2.26. The van der Waals surface area contributed by atoms with E-state index in [0.717, 1.165) is 0 Å². The molecule has 172 valence electrons. The summed E-state index contributed by atoms with van der Waals surface area (Å²) in [4.78, 5) is 31.2. The summed E-state index contributed by atoms with van der Waals surface area (Å²) in [5, 5.41) is 14.3. The number of amides is 3. The van der Waals surface area contributed by atoms with E-state index in [2.05, 4.69) is 10.3 Å². The molecular weight excluding hydrogens is 425 g/mol. The van der Waals surface area contributed by atoms with Crippen molar-refractivity contribution in [1.29, 1.82) is 0 Å². The van der Waals surface area contributed by atoms with Gasteiger partial charge < -0.3 is 20.6 Å². The second-order valence-corrected chi connectivity index (χ2v) is 7.85. The Hall–Kier alpha value is -3.14. The molecule has 3 amide bonds. The number of alkyl halides is 3. The molecule has 7 nitrogen and oxygen atoms in total. The van der Waals surface area contributed by atoms with E-state index in [1.807, 2.05) is 19.2 Å². The van der Waals surface area contributed by atoms with Crippen molar-refractivity contribution in [3.05, 3.63) is 53.2 Å². The number of halogens is 3. The molecule has 0 saturated heterocycles. The van der Waals surface area contributed by atoms with Crippen LogP contribution in [0.3, 0.4) is 0 Å². The number of urea groups is 1. The topological polar surface area (TPSA) is 94.6 Å². The fraction of sp³-hybridized carbons (Fsp3) is 0.409. The average Bonchev–Trinajstić information content (AvgIpc) is 3.10. The lowest BCUT2D eigenvalue weighted by atomic mass is 9.95. The second-order valence-electron chi connectivity index (χ2n) is 7.85. The van der Waals surface area contributed by atoms with Gasteiger partial charge in [-0.05, 0) is 31.9 Å². The third-order valence-corrected chi connectivity index (χ3v) is 5.00. The number of aromatic nitrogens is 1. The van der Waals surface area contributed by atoms with Crippen LogP contribution in [0.2, 0.25) is 0 Å². The highest BCUT2D eigenvalue weighted by atomic mass is 19.4. The molecular formula is C22H25F3N4O3. The Morgan fingerprint density at radius 1 is 1.25 bits per heavy atom. The van der Waals surface area contributed by atoms with Gasteiger partial charge in [0, 0.05) is 30.3 Å². The standard InChI is InChI=1S/C22H25F3N4O3/c1-13(2)27-21(32)29-11-15-10-16(20(31)26-12-22(23,24)25)28-19(14-6-4-3-5-7-14)18(15)17(29)8-9-30/h3-7,10,13,17,30H,8-9,11-12H2,1-2H3,(H,26,31)(H,27,32)/t17-/m1/s1.